The summed E-state index contributed by atoms with van der Waals surface area (Å²) >= 11 is 0. The molecule has 1 heterocycles. The molecule has 0 N–H and O–H groups in total. The van der Waals surface area contributed by atoms with Crippen LogP contribution in [-0.2, 0) is 11.0 Å². The second-order valence-electron chi connectivity index (χ2n) is 5.02. The molecular weight excluding hydrogens is 279 g/mol. The van der Waals surface area contributed by atoms with Gasteiger partial charge in [-0.3, -0.25) is 4.79 Å². The minimum atomic E-state index is -4.33. The smallest absolute Gasteiger partial charge is 0.339 e. The Morgan fingerprint density at radius 1 is 1.38 bits per heavy atom. The highest BCUT2D eigenvalue weighted by molar-refractivity contribution is 5.87. The van der Waals surface area contributed by atoms with E-state index in [0.29, 0.717) is 18.7 Å². The van der Waals surface area contributed by atoms with Gasteiger partial charge < -0.3 is 4.90 Å². The normalized spacial score (nSPS) is 19.2. The SMILES string of the molecule is C=CC(=O)N1CC[C@@H](/C=C/c2cccc(C(F)(F)F)c2)C1. The molecule has 1 aromatic carbocycles. The Kier molecular flexibility index (Phi) is 4.50. The van der Waals surface area contributed by atoms with Crippen molar-refractivity contribution in [3.63, 3.8) is 0 Å². The molecule has 0 aliphatic carbocycles. The van der Waals surface area contributed by atoms with E-state index in [1.165, 1.54) is 12.1 Å². The van der Waals surface area contributed by atoms with Gasteiger partial charge in [-0.15, -0.1) is 0 Å². The molecule has 0 saturated carbocycles. The molecule has 1 amide bonds. The molecule has 1 aliphatic heterocycles. The van der Waals surface area contributed by atoms with E-state index in [1.54, 1.807) is 17.0 Å². The summed E-state index contributed by atoms with van der Waals surface area (Å²) in [4.78, 5) is 13.1. The molecule has 112 valence electrons. The van der Waals surface area contributed by atoms with Gasteiger partial charge in [0.1, 0.15) is 0 Å². The number of benzene rings is 1. The molecule has 2 rings (SSSR count). The quantitative estimate of drug-likeness (QED) is 0.778. The molecule has 0 bridgehead atoms. The van der Waals surface area contributed by atoms with Gasteiger partial charge in [0.05, 0.1) is 5.56 Å². The minimum Gasteiger partial charge on any atom is -0.339 e. The highest BCUT2D eigenvalue weighted by Crippen LogP contribution is 2.30. The number of carbonyl (C=O) groups excluding carboxylic acids is 1. The lowest BCUT2D eigenvalue weighted by atomic mass is 10.1. The minimum absolute atomic E-state index is 0.107. The molecule has 1 aliphatic rings. The Labute approximate surface area is 121 Å². The van der Waals surface area contributed by atoms with E-state index in [2.05, 4.69) is 6.58 Å². The molecule has 2 nitrogen and oxygen atoms in total. The molecular formula is C16H16F3NO. The molecule has 1 aromatic rings. The largest absolute Gasteiger partial charge is 0.416 e. The van der Waals surface area contributed by atoms with Crippen LogP contribution in [0.15, 0.2) is 43.0 Å². The van der Waals surface area contributed by atoms with Gasteiger partial charge in [-0.05, 0) is 36.1 Å². The molecule has 1 saturated heterocycles. The van der Waals surface area contributed by atoms with E-state index in [9.17, 15) is 18.0 Å². The number of hydrogen-bond donors (Lipinski definition) is 0. The fourth-order valence-corrected chi connectivity index (χ4v) is 2.34. The topological polar surface area (TPSA) is 20.3 Å². The van der Waals surface area contributed by atoms with Crippen LogP contribution < -0.4 is 0 Å². The van der Waals surface area contributed by atoms with Crippen molar-refractivity contribution in [1.29, 1.82) is 0 Å². The maximum absolute atomic E-state index is 12.6. The van der Waals surface area contributed by atoms with Gasteiger partial charge in [0.25, 0.3) is 0 Å². The Bertz CT molecular complexity index is 563. The third kappa shape index (κ3) is 3.97. The summed E-state index contributed by atoms with van der Waals surface area (Å²) < 4.78 is 37.8. The number of amides is 1. The van der Waals surface area contributed by atoms with Gasteiger partial charge in [-0.2, -0.15) is 13.2 Å². The van der Waals surface area contributed by atoms with Crippen molar-refractivity contribution in [2.45, 2.75) is 12.6 Å². The fraction of sp³-hybridized carbons (Fsp3) is 0.312. The van der Waals surface area contributed by atoms with Crippen molar-refractivity contribution in [2.24, 2.45) is 5.92 Å². The van der Waals surface area contributed by atoms with Gasteiger partial charge in [0.2, 0.25) is 5.91 Å². The van der Waals surface area contributed by atoms with Crippen LogP contribution >= 0.6 is 0 Å². The number of hydrogen-bond acceptors (Lipinski definition) is 1. The number of nitrogens with zero attached hydrogens (tertiary/aromatic N) is 1. The van der Waals surface area contributed by atoms with Crippen LogP contribution in [0.2, 0.25) is 0 Å². The number of rotatable bonds is 3. The summed E-state index contributed by atoms with van der Waals surface area (Å²) in [5.41, 5.74) is -0.141. The second-order valence-corrected chi connectivity index (χ2v) is 5.02. The lowest BCUT2D eigenvalue weighted by Crippen LogP contribution is -2.26. The number of alkyl halides is 3. The van der Waals surface area contributed by atoms with Crippen molar-refractivity contribution in [2.75, 3.05) is 13.1 Å². The first-order valence-electron chi connectivity index (χ1n) is 6.67. The molecule has 1 fully saturated rings. The molecule has 0 unspecified atom stereocenters. The molecule has 0 radical (unpaired) electrons. The van der Waals surface area contributed by atoms with E-state index in [-0.39, 0.29) is 11.8 Å². The zero-order valence-electron chi connectivity index (χ0n) is 11.4. The van der Waals surface area contributed by atoms with Crippen LogP contribution in [-0.4, -0.2) is 23.9 Å². The Hall–Kier alpha value is -2.04. The first-order valence-corrected chi connectivity index (χ1v) is 6.67. The van der Waals surface area contributed by atoms with Crippen molar-refractivity contribution >= 4 is 12.0 Å². The highest BCUT2D eigenvalue weighted by atomic mass is 19.4. The Morgan fingerprint density at radius 3 is 2.81 bits per heavy atom. The van der Waals surface area contributed by atoms with Crippen molar-refractivity contribution in [1.82, 2.24) is 4.90 Å². The van der Waals surface area contributed by atoms with Crippen LogP contribution in [0.4, 0.5) is 13.2 Å². The van der Waals surface area contributed by atoms with Gasteiger partial charge in [-0.25, -0.2) is 0 Å². The predicted molar refractivity (Wildman–Crippen MR) is 75.4 cm³/mol. The lowest BCUT2D eigenvalue weighted by Gasteiger charge is -2.12. The van der Waals surface area contributed by atoms with E-state index < -0.39 is 11.7 Å². The zero-order chi connectivity index (χ0) is 15.5. The van der Waals surface area contributed by atoms with E-state index in [1.807, 2.05) is 6.08 Å². The highest BCUT2D eigenvalue weighted by Gasteiger charge is 2.30. The monoisotopic (exact) mass is 295 g/mol. The van der Waals surface area contributed by atoms with Crippen LogP contribution in [0.3, 0.4) is 0 Å². The lowest BCUT2D eigenvalue weighted by molar-refractivity contribution is -0.137. The summed E-state index contributed by atoms with van der Waals surface area (Å²) in [6, 6.07) is 5.20. The Morgan fingerprint density at radius 2 is 2.14 bits per heavy atom. The molecule has 0 aromatic heterocycles. The van der Waals surface area contributed by atoms with Gasteiger partial charge in [0.15, 0.2) is 0 Å². The van der Waals surface area contributed by atoms with Gasteiger partial charge >= 0.3 is 6.18 Å². The maximum Gasteiger partial charge on any atom is 0.416 e. The van der Waals surface area contributed by atoms with Crippen molar-refractivity contribution < 1.29 is 18.0 Å². The predicted octanol–water partition coefficient (Wildman–Crippen LogP) is 3.75. The van der Waals surface area contributed by atoms with Crippen LogP contribution in [0.25, 0.3) is 6.08 Å². The van der Waals surface area contributed by atoms with Crippen molar-refractivity contribution in [3.05, 3.63) is 54.1 Å². The second kappa shape index (κ2) is 6.16. The van der Waals surface area contributed by atoms with Gasteiger partial charge in [0, 0.05) is 13.1 Å². The van der Waals surface area contributed by atoms with Crippen LogP contribution in [0.1, 0.15) is 17.5 Å². The van der Waals surface area contributed by atoms with E-state index in [4.69, 9.17) is 0 Å². The summed E-state index contributed by atoms with van der Waals surface area (Å²) in [6.45, 7) is 4.68. The van der Waals surface area contributed by atoms with E-state index >= 15 is 0 Å². The van der Waals surface area contributed by atoms with Crippen LogP contribution in [0, 0.1) is 5.92 Å². The van der Waals surface area contributed by atoms with Crippen LogP contribution in [0.5, 0.6) is 0 Å². The number of carbonyl (C=O) groups is 1. The fourth-order valence-electron chi connectivity index (χ4n) is 2.34. The average molecular weight is 295 g/mol. The standard InChI is InChI=1S/C16H16F3NO/c1-2-15(21)20-9-8-13(11-20)7-6-12-4-3-5-14(10-12)16(17,18)19/h2-7,10,13H,1,8-9,11H2/b7-6+/t13-/m1/s1. The zero-order valence-corrected chi connectivity index (χ0v) is 11.4. The summed E-state index contributed by atoms with van der Waals surface area (Å²) in [6.07, 6.45) is 1.31. The first-order chi connectivity index (χ1) is 9.90. The number of halogens is 3. The third-order valence-corrected chi connectivity index (χ3v) is 3.49. The number of likely N-dealkylation sites (tertiary alicyclic amines) is 1. The average Bonchev–Trinajstić information content (AvgIpc) is 2.92. The van der Waals surface area contributed by atoms with Gasteiger partial charge in [-0.1, -0.05) is 30.9 Å². The summed E-state index contributed by atoms with van der Waals surface area (Å²) in [5, 5.41) is 0. The molecule has 1 atom stereocenters. The Balaban J connectivity index is 2.02. The molecule has 5 heteroatoms. The third-order valence-electron chi connectivity index (χ3n) is 3.49. The molecule has 0 spiro atoms. The summed E-state index contributed by atoms with van der Waals surface area (Å²) in [5.74, 6) is 0.0633. The first kappa shape index (κ1) is 15.4. The van der Waals surface area contributed by atoms with Crippen molar-refractivity contribution in [3.8, 4) is 0 Å². The summed E-state index contributed by atoms with van der Waals surface area (Å²) in [7, 11) is 0. The van der Waals surface area contributed by atoms with E-state index in [0.717, 1.165) is 18.6 Å². The maximum atomic E-state index is 12.6. The molecule has 21 heavy (non-hydrogen) atoms.